The number of nitrogens with one attached hydrogen (secondary N) is 2. The molecule has 9 nitrogen and oxygen atoms in total. The number of anilines is 1. The van der Waals surface area contributed by atoms with E-state index in [2.05, 4.69) is 27.2 Å². The number of aromatic nitrogens is 2. The minimum absolute atomic E-state index is 0.180. The van der Waals surface area contributed by atoms with E-state index in [1.54, 1.807) is 18.5 Å². The van der Waals surface area contributed by atoms with Crippen LogP contribution in [0, 0.1) is 4.78 Å². The van der Waals surface area contributed by atoms with Gasteiger partial charge in [0, 0.05) is 37.0 Å². The van der Waals surface area contributed by atoms with Gasteiger partial charge in [-0.2, -0.15) is 0 Å². The number of nitrogens with zero attached hydrogens (tertiary/aromatic N) is 4. The van der Waals surface area contributed by atoms with Crippen LogP contribution in [0.25, 0.3) is 11.3 Å². The van der Waals surface area contributed by atoms with Crippen molar-refractivity contribution in [1.82, 2.24) is 19.2 Å². The summed E-state index contributed by atoms with van der Waals surface area (Å²) in [6.45, 7) is 2.71. The van der Waals surface area contributed by atoms with E-state index in [9.17, 15) is 9.32 Å². The van der Waals surface area contributed by atoms with E-state index in [0.717, 1.165) is 31.8 Å². The van der Waals surface area contributed by atoms with Crippen molar-refractivity contribution >= 4 is 27.3 Å². The van der Waals surface area contributed by atoms with Gasteiger partial charge in [0.25, 0.3) is 0 Å². The van der Waals surface area contributed by atoms with Crippen molar-refractivity contribution in [3.05, 3.63) is 29.4 Å². The predicted molar refractivity (Wildman–Crippen MR) is 121 cm³/mol. The average Bonchev–Trinajstić information content (AvgIpc) is 3.20. The molecule has 4 heterocycles. The number of hydrogen-bond donors (Lipinski definition) is 3. The molecule has 3 atom stereocenters. The average molecular weight is 469 g/mol. The highest BCUT2D eigenvalue weighted by molar-refractivity contribution is 7.89. The zero-order chi connectivity index (χ0) is 22.2. The van der Waals surface area contributed by atoms with Gasteiger partial charge >= 0.3 is 0 Å². The van der Waals surface area contributed by atoms with Gasteiger partial charge in [0.1, 0.15) is 15.7 Å². The second kappa shape index (κ2) is 9.03. The summed E-state index contributed by atoms with van der Waals surface area (Å²) in [6.07, 6.45) is 6.46. The normalized spacial score (nSPS) is 25.9. The van der Waals surface area contributed by atoms with Crippen molar-refractivity contribution in [2.75, 3.05) is 44.8 Å². The molecule has 4 rings (SSSR count). The molecule has 0 aromatic carbocycles. The Morgan fingerprint density at radius 1 is 1.26 bits per heavy atom. The summed E-state index contributed by atoms with van der Waals surface area (Å²) in [5.74, 6) is 2.22. The van der Waals surface area contributed by atoms with Gasteiger partial charge in [0.2, 0.25) is 0 Å². The van der Waals surface area contributed by atoms with E-state index < -0.39 is 16.0 Å². The number of β-amino-alcohol motifs (C(OH)–C–C–N with tert-alkyl or cyclic N) is 1. The summed E-state index contributed by atoms with van der Waals surface area (Å²) in [5.41, 5.74) is 0.695. The lowest BCUT2D eigenvalue weighted by Crippen LogP contribution is -2.51. The van der Waals surface area contributed by atoms with Gasteiger partial charge < -0.3 is 19.7 Å². The van der Waals surface area contributed by atoms with Gasteiger partial charge in [-0.3, -0.25) is 0 Å². The first kappa shape index (κ1) is 22.5. The van der Waals surface area contributed by atoms with E-state index in [0.29, 0.717) is 41.0 Å². The van der Waals surface area contributed by atoms with Gasteiger partial charge in [-0.05, 0) is 45.5 Å². The minimum Gasteiger partial charge on any atom is -0.440 e. The number of oxazole rings is 1. The molecule has 2 aromatic heterocycles. The summed E-state index contributed by atoms with van der Waals surface area (Å²) in [4.78, 5) is 11.1. The molecule has 0 spiro atoms. The molecule has 2 saturated heterocycles. The second-order valence-electron chi connectivity index (χ2n) is 8.49. The predicted octanol–water partition coefficient (Wildman–Crippen LogP) is 2.64. The van der Waals surface area contributed by atoms with Crippen molar-refractivity contribution in [3.63, 3.8) is 0 Å². The molecule has 31 heavy (non-hydrogen) atoms. The molecule has 2 fully saturated rings. The molecule has 0 aliphatic carbocycles. The summed E-state index contributed by atoms with van der Waals surface area (Å²) in [6, 6.07) is 1.54. The molecule has 170 valence electrons. The zero-order valence-electron chi connectivity index (χ0n) is 17.8. The van der Waals surface area contributed by atoms with Crippen molar-refractivity contribution in [1.29, 1.82) is 4.78 Å². The first-order chi connectivity index (χ1) is 14.7. The van der Waals surface area contributed by atoms with Crippen LogP contribution in [0.15, 0.2) is 22.9 Å². The molecule has 2 aliphatic heterocycles. The minimum atomic E-state index is -2.82. The largest absolute Gasteiger partial charge is 0.440 e. The lowest BCUT2D eigenvalue weighted by molar-refractivity contribution is 0.0965. The molecule has 0 unspecified atom stereocenters. The van der Waals surface area contributed by atoms with Gasteiger partial charge in [-0.25, -0.2) is 23.3 Å². The highest BCUT2D eigenvalue weighted by Crippen LogP contribution is 2.34. The fourth-order valence-electron chi connectivity index (χ4n) is 4.14. The van der Waals surface area contributed by atoms with Crippen LogP contribution in [0.3, 0.4) is 0 Å². The molecule has 11 heteroatoms. The van der Waals surface area contributed by atoms with Gasteiger partial charge in [0.05, 0.1) is 23.4 Å². The van der Waals surface area contributed by atoms with Crippen molar-refractivity contribution < 1.29 is 13.7 Å². The van der Waals surface area contributed by atoms with Crippen LogP contribution in [-0.4, -0.2) is 80.1 Å². The fourth-order valence-corrected chi connectivity index (χ4v) is 5.23. The van der Waals surface area contributed by atoms with Gasteiger partial charge in [-0.15, -0.1) is 0 Å². The van der Waals surface area contributed by atoms with E-state index in [-0.39, 0.29) is 12.6 Å². The smallest absolute Gasteiger partial charge is 0.198 e. The first-order valence-electron chi connectivity index (χ1n) is 10.4. The standard InChI is InChI=1S/C20H29ClN6O3S/c1-26-6-3-13(4-7-26)20-24-11-18(30-20)14-9-19(23-10-15(14)21)25-16-5-8-27(12-17(16)28)31(2,22)29/h9-11,13,16-17,22,28H,3-8,12H2,1-2H3,(H,23,25)/t16-,17-,31+/m1/s1. The molecule has 0 amide bonds. The number of aliphatic hydroxyl groups excluding tert-OH is 1. The Morgan fingerprint density at radius 3 is 2.68 bits per heavy atom. The third-order valence-corrected chi connectivity index (χ3v) is 7.70. The summed E-state index contributed by atoms with van der Waals surface area (Å²) < 4.78 is 27.2. The van der Waals surface area contributed by atoms with Crippen LogP contribution in [0.5, 0.6) is 0 Å². The Bertz CT molecular complexity index is 1020. The molecular weight excluding hydrogens is 440 g/mol. The Morgan fingerprint density at radius 2 is 2.00 bits per heavy atom. The molecule has 3 N–H and O–H groups in total. The number of halogens is 1. The van der Waals surface area contributed by atoms with E-state index in [4.69, 9.17) is 20.8 Å². The topological polar surface area (TPSA) is 119 Å². The summed E-state index contributed by atoms with van der Waals surface area (Å²) in [5, 5.41) is 14.2. The van der Waals surface area contributed by atoms with Crippen molar-refractivity contribution in [2.24, 2.45) is 0 Å². The monoisotopic (exact) mass is 468 g/mol. The molecule has 2 aliphatic rings. The molecule has 0 radical (unpaired) electrons. The number of piperidine rings is 2. The van der Waals surface area contributed by atoms with Crippen LogP contribution in [0.2, 0.25) is 5.02 Å². The highest BCUT2D eigenvalue weighted by Gasteiger charge is 2.31. The van der Waals surface area contributed by atoms with E-state index in [1.165, 1.54) is 10.6 Å². The third-order valence-electron chi connectivity index (χ3n) is 6.08. The van der Waals surface area contributed by atoms with Gasteiger partial charge in [-0.1, -0.05) is 11.6 Å². The Hall–Kier alpha value is -1.72. The van der Waals surface area contributed by atoms with Crippen LogP contribution in [0.4, 0.5) is 5.82 Å². The number of rotatable bonds is 5. The first-order valence-corrected chi connectivity index (χ1v) is 12.7. The number of likely N-dealkylation sites (tertiary alicyclic amines) is 1. The van der Waals surface area contributed by atoms with Crippen molar-refractivity contribution in [2.45, 2.75) is 37.3 Å². The zero-order valence-corrected chi connectivity index (χ0v) is 19.3. The van der Waals surface area contributed by atoms with E-state index >= 15 is 0 Å². The van der Waals surface area contributed by atoms with Crippen LogP contribution in [0.1, 0.15) is 31.1 Å². The molecule has 2 aromatic rings. The van der Waals surface area contributed by atoms with Crippen LogP contribution < -0.4 is 5.32 Å². The maximum absolute atomic E-state index is 11.9. The highest BCUT2D eigenvalue weighted by atomic mass is 35.5. The Kier molecular flexibility index (Phi) is 6.55. The Balaban J connectivity index is 1.47. The van der Waals surface area contributed by atoms with Crippen molar-refractivity contribution in [3.8, 4) is 11.3 Å². The van der Waals surface area contributed by atoms with E-state index in [1.807, 2.05) is 0 Å². The van der Waals surface area contributed by atoms with Crippen LogP contribution in [-0.2, 0) is 9.92 Å². The SMILES string of the molecule is CN1CCC(c2ncc(-c3cc(N[C@@H]4CCN([S@](C)(=N)=O)C[C@H]4O)ncc3Cl)o2)CC1. The Labute approximate surface area is 187 Å². The summed E-state index contributed by atoms with van der Waals surface area (Å²) >= 11 is 6.39. The lowest BCUT2D eigenvalue weighted by atomic mass is 9.97. The fraction of sp³-hybridized carbons (Fsp3) is 0.600. The number of hydrogen-bond acceptors (Lipinski definition) is 8. The maximum Gasteiger partial charge on any atom is 0.198 e. The molecule has 0 saturated carbocycles. The summed E-state index contributed by atoms with van der Waals surface area (Å²) in [7, 11) is -0.701. The maximum atomic E-state index is 11.9. The third kappa shape index (κ3) is 5.20. The molecular formula is C20H29ClN6O3S. The molecule has 0 bridgehead atoms. The van der Waals surface area contributed by atoms with Gasteiger partial charge in [0.15, 0.2) is 11.7 Å². The van der Waals surface area contributed by atoms with Crippen LogP contribution >= 0.6 is 11.6 Å². The second-order valence-corrected chi connectivity index (χ2v) is 11.0. The quantitative estimate of drug-likeness (QED) is 0.617. The number of aliphatic hydroxyl groups is 1. The number of pyridine rings is 1. The lowest BCUT2D eigenvalue weighted by Gasteiger charge is -2.36.